The summed E-state index contributed by atoms with van der Waals surface area (Å²) in [4.78, 5) is 13.7. The molecule has 0 bridgehead atoms. The Hall–Kier alpha value is -2.24. The summed E-state index contributed by atoms with van der Waals surface area (Å²) in [5.41, 5.74) is 0.853. The number of ether oxygens (including phenoxy) is 1. The minimum Gasteiger partial charge on any atom is -0.406 e. The second-order valence-corrected chi connectivity index (χ2v) is 3.50. The number of rotatable bonds is 2. The van der Waals surface area contributed by atoms with Gasteiger partial charge in [-0.1, -0.05) is 6.07 Å². The molecule has 94 valence electrons. The predicted octanol–water partition coefficient (Wildman–Crippen LogP) is 2.94. The van der Waals surface area contributed by atoms with Crippen molar-refractivity contribution in [2.45, 2.75) is 6.36 Å². The monoisotopic (exact) mass is 255 g/mol. The number of aromatic amines is 1. The van der Waals surface area contributed by atoms with Crippen LogP contribution >= 0.6 is 0 Å². The largest absolute Gasteiger partial charge is 0.573 e. The molecule has 0 aliphatic rings. The molecule has 1 N–H and O–H groups in total. The van der Waals surface area contributed by atoms with Crippen LogP contribution in [0.15, 0.2) is 47.3 Å². The Morgan fingerprint density at radius 1 is 1.00 bits per heavy atom. The van der Waals surface area contributed by atoms with Gasteiger partial charge in [0, 0.05) is 11.8 Å². The van der Waals surface area contributed by atoms with Crippen molar-refractivity contribution in [3.8, 4) is 17.0 Å². The van der Waals surface area contributed by atoms with E-state index in [4.69, 9.17) is 0 Å². The van der Waals surface area contributed by atoms with Gasteiger partial charge >= 0.3 is 6.36 Å². The third-order valence-corrected chi connectivity index (χ3v) is 2.17. The molecule has 3 nitrogen and oxygen atoms in total. The van der Waals surface area contributed by atoms with E-state index in [9.17, 15) is 18.0 Å². The van der Waals surface area contributed by atoms with Gasteiger partial charge in [0.25, 0.3) is 0 Å². The average Bonchev–Trinajstić information content (AvgIpc) is 2.28. The van der Waals surface area contributed by atoms with Gasteiger partial charge in [-0.15, -0.1) is 13.2 Å². The number of pyridine rings is 1. The van der Waals surface area contributed by atoms with Gasteiger partial charge in [-0.3, -0.25) is 4.79 Å². The van der Waals surface area contributed by atoms with Crippen LogP contribution in [0.1, 0.15) is 0 Å². The van der Waals surface area contributed by atoms with Gasteiger partial charge in [-0.05, 0) is 35.9 Å². The maximum absolute atomic E-state index is 11.9. The number of hydrogen-bond acceptors (Lipinski definition) is 2. The summed E-state index contributed by atoms with van der Waals surface area (Å²) in [6.07, 6.45) is -4.71. The summed E-state index contributed by atoms with van der Waals surface area (Å²) in [5, 5.41) is 0. The first kappa shape index (κ1) is 12.2. The number of nitrogens with one attached hydrogen (secondary N) is 1. The van der Waals surface area contributed by atoms with E-state index in [1.165, 1.54) is 30.3 Å². The predicted molar refractivity (Wildman–Crippen MR) is 59.2 cm³/mol. The lowest BCUT2D eigenvalue weighted by Crippen LogP contribution is -2.16. The van der Waals surface area contributed by atoms with E-state index in [0.717, 1.165) is 0 Å². The van der Waals surface area contributed by atoms with Crippen LogP contribution in [0.25, 0.3) is 11.3 Å². The van der Waals surface area contributed by atoms with Crippen molar-refractivity contribution in [2.75, 3.05) is 0 Å². The summed E-state index contributed by atoms with van der Waals surface area (Å²) in [5.74, 6) is -0.301. The van der Waals surface area contributed by atoms with Crippen LogP contribution in [-0.4, -0.2) is 11.3 Å². The Labute approximate surface area is 99.8 Å². The SMILES string of the molecule is O=c1cccc(-c2ccc(OC(F)(F)F)cc2)[nH]1. The van der Waals surface area contributed by atoms with E-state index in [-0.39, 0.29) is 11.3 Å². The zero-order chi connectivity index (χ0) is 13.2. The molecule has 0 aliphatic heterocycles. The molecular weight excluding hydrogens is 247 g/mol. The number of alkyl halides is 3. The number of halogens is 3. The first-order valence-corrected chi connectivity index (χ1v) is 4.99. The highest BCUT2D eigenvalue weighted by Crippen LogP contribution is 2.25. The highest BCUT2D eigenvalue weighted by Gasteiger charge is 2.30. The minimum absolute atomic E-state index is 0.275. The van der Waals surface area contributed by atoms with Gasteiger partial charge in [-0.2, -0.15) is 0 Å². The van der Waals surface area contributed by atoms with Crippen LogP contribution in [0.4, 0.5) is 13.2 Å². The molecular formula is C12H8F3NO2. The van der Waals surface area contributed by atoms with E-state index >= 15 is 0 Å². The summed E-state index contributed by atoms with van der Waals surface area (Å²) >= 11 is 0. The van der Waals surface area contributed by atoms with Crippen LogP contribution in [0.3, 0.4) is 0 Å². The molecule has 0 fully saturated rings. The Morgan fingerprint density at radius 3 is 2.22 bits per heavy atom. The highest BCUT2D eigenvalue weighted by atomic mass is 19.4. The Bertz CT molecular complexity index is 587. The standard InChI is InChI=1S/C12H8F3NO2/c13-12(14,15)18-9-6-4-8(5-7-9)10-2-1-3-11(17)16-10/h1-7H,(H,16,17). The van der Waals surface area contributed by atoms with E-state index in [1.807, 2.05) is 0 Å². The van der Waals surface area contributed by atoms with Crippen molar-refractivity contribution in [1.82, 2.24) is 4.98 Å². The second kappa shape index (κ2) is 4.56. The smallest absolute Gasteiger partial charge is 0.406 e. The minimum atomic E-state index is -4.71. The van der Waals surface area contributed by atoms with E-state index in [0.29, 0.717) is 11.3 Å². The summed E-state index contributed by atoms with van der Waals surface area (Å²) in [6.45, 7) is 0. The highest BCUT2D eigenvalue weighted by molar-refractivity contribution is 5.59. The zero-order valence-corrected chi connectivity index (χ0v) is 8.99. The Kier molecular flexibility index (Phi) is 3.10. The normalized spacial score (nSPS) is 11.3. The maximum Gasteiger partial charge on any atom is 0.573 e. The van der Waals surface area contributed by atoms with Gasteiger partial charge < -0.3 is 9.72 Å². The number of H-pyrrole nitrogens is 1. The zero-order valence-electron chi connectivity index (χ0n) is 8.99. The Morgan fingerprint density at radius 2 is 1.67 bits per heavy atom. The third-order valence-electron chi connectivity index (χ3n) is 2.17. The van der Waals surface area contributed by atoms with Crippen LogP contribution in [0, 0.1) is 0 Å². The number of hydrogen-bond donors (Lipinski definition) is 1. The summed E-state index contributed by atoms with van der Waals surface area (Å²) < 4.78 is 39.6. The van der Waals surface area contributed by atoms with E-state index in [1.54, 1.807) is 12.1 Å². The van der Waals surface area contributed by atoms with Crippen molar-refractivity contribution in [2.24, 2.45) is 0 Å². The van der Waals surface area contributed by atoms with Gasteiger partial charge in [0.2, 0.25) is 5.56 Å². The van der Waals surface area contributed by atoms with Crippen molar-refractivity contribution >= 4 is 0 Å². The molecule has 0 saturated heterocycles. The molecule has 2 aromatic rings. The molecule has 0 aliphatic carbocycles. The fourth-order valence-corrected chi connectivity index (χ4v) is 1.45. The third kappa shape index (κ3) is 3.13. The van der Waals surface area contributed by atoms with Gasteiger partial charge in [-0.25, -0.2) is 0 Å². The molecule has 0 radical (unpaired) electrons. The van der Waals surface area contributed by atoms with Crippen molar-refractivity contribution in [3.63, 3.8) is 0 Å². The summed E-state index contributed by atoms with van der Waals surface area (Å²) in [7, 11) is 0. The topological polar surface area (TPSA) is 42.1 Å². The number of benzene rings is 1. The molecule has 0 unspecified atom stereocenters. The lowest BCUT2D eigenvalue weighted by atomic mass is 10.1. The maximum atomic E-state index is 11.9. The fourth-order valence-electron chi connectivity index (χ4n) is 1.45. The molecule has 1 aromatic heterocycles. The molecule has 18 heavy (non-hydrogen) atoms. The van der Waals surface area contributed by atoms with Gasteiger partial charge in [0.15, 0.2) is 0 Å². The van der Waals surface area contributed by atoms with Crippen LogP contribution in [0.5, 0.6) is 5.75 Å². The molecule has 0 amide bonds. The quantitative estimate of drug-likeness (QED) is 0.896. The van der Waals surface area contributed by atoms with Crippen molar-refractivity contribution in [1.29, 1.82) is 0 Å². The average molecular weight is 255 g/mol. The molecule has 1 aromatic carbocycles. The van der Waals surface area contributed by atoms with Crippen molar-refractivity contribution in [3.05, 3.63) is 52.8 Å². The van der Waals surface area contributed by atoms with E-state index < -0.39 is 6.36 Å². The number of aromatic nitrogens is 1. The van der Waals surface area contributed by atoms with Crippen LogP contribution < -0.4 is 10.3 Å². The first-order valence-electron chi connectivity index (χ1n) is 4.99. The molecule has 1 heterocycles. The van der Waals surface area contributed by atoms with Crippen molar-refractivity contribution < 1.29 is 17.9 Å². The molecule has 0 spiro atoms. The van der Waals surface area contributed by atoms with Gasteiger partial charge in [0.1, 0.15) is 5.75 Å². The van der Waals surface area contributed by atoms with Crippen LogP contribution in [0.2, 0.25) is 0 Å². The van der Waals surface area contributed by atoms with E-state index in [2.05, 4.69) is 9.72 Å². The van der Waals surface area contributed by atoms with Crippen LogP contribution in [-0.2, 0) is 0 Å². The molecule has 6 heteroatoms. The molecule has 2 rings (SSSR count). The fraction of sp³-hybridized carbons (Fsp3) is 0.0833. The lowest BCUT2D eigenvalue weighted by molar-refractivity contribution is -0.274. The van der Waals surface area contributed by atoms with Gasteiger partial charge in [0.05, 0.1) is 0 Å². The molecule has 0 saturated carbocycles. The lowest BCUT2D eigenvalue weighted by Gasteiger charge is -2.09. The first-order chi connectivity index (χ1) is 8.44. The molecule has 0 atom stereocenters. The second-order valence-electron chi connectivity index (χ2n) is 3.50. The Balaban J connectivity index is 2.25. The summed E-state index contributed by atoms with van der Waals surface area (Å²) in [6, 6.07) is 9.82.